The van der Waals surface area contributed by atoms with Crippen LogP contribution in [0.2, 0.25) is 0 Å². The second-order valence-corrected chi connectivity index (χ2v) is 8.28. The van der Waals surface area contributed by atoms with Crippen molar-refractivity contribution in [3.8, 4) is 17.0 Å². The van der Waals surface area contributed by atoms with Gasteiger partial charge in [-0.15, -0.1) is 11.3 Å². The number of amides is 1. The molecule has 1 atom stereocenters. The predicted octanol–water partition coefficient (Wildman–Crippen LogP) is 5.80. The first-order chi connectivity index (χ1) is 16.1. The molecule has 0 aliphatic heterocycles. The fourth-order valence-corrected chi connectivity index (χ4v) is 4.41. The number of hydrogen-bond acceptors (Lipinski definition) is 5. The molecule has 5 nitrogen and oxygen atoms in total. The van der Waals surface area contributed by atoms with Crippen LogP contribution in [0.3, 0.4) is 0 Å². The van der Waals surface area contributed by atoms with E-state index >= 15 is 0 Å². The van der Waals surface area contributed by atoms with E-state index in [2.05, 4.69) is 5.32 Å². The molecule has 3 aromatic carbocycles. The van der Waals surface area contributed by atoms with Gasteiger partial charge in [-0.25, -0.2) is 9.37 Å². The predicted molar refractivity (Wildman–Crippen MR) is 130 cm³/mol. The van der Waals surface area contributed by atoms with Crippen molar-refractivity contribution in [2.75, 3.05) is 12.0 Å². The van der Waals surface area contributed by atoms with E-state index < -0.39 is 6.04 Å². The minimum absolute atomic E-state index is 0.179. The monoisotopic (exact) mass is 461 g/mol. The Hall–Kier alpha value is -3.71. The number of carbonyl (C=O) groups excluding carboxylic acids is 1. The minimum Gasteiger partial charge on any atom is -0.495 e. The summed E-state index contributed by atoms with van der Waals surface area (Å²) in [7, 11) is 1.60. The van der Waals surface area contributed by atoms with Crippen LogP contribution in [0.4, 0.5) is 15.2 Å². The number of ether oxygens (including phenoxy) is 1. The van der Waals surface area contributed by atoms with E-state index in [0.717, 1.165) is 22.5 Å². The number of halogens is 1. The van der Waals surface area contributed by atoms with E-state index in [0.29, 0.717) is 17.4 Å². The maximum absolute atomic E-state index is 13.2. The number of nitrogens with zero attached hydrogens (tertiary/aromatic N) is 2. The molecular formula is C26H24FN3O2S. The first-order valence-corrected chi connectivity index (χ1v) is 11.4. The number of carbonyl (C=O) groups is 1. The van der Waals surface area contributed by atoms with Crippen LogP contribution in [0.25, 0.3) is 11.3 Å². The zero-order valence-electron chi connectivity index (χ0n) is 18.4. The van der Waals surface area contributed by atoms with Gasteiger partial charge in [0.1, 0.15) is 17.6 Å². The van der Waals surface area contributed by atoms with Crippen LogP contribution in [-0.4, -0.2) is 24.0 Å². The molecule has 1 N–H and O–H groups in total. The molecule has 0 radical (unpaired) electrons. The van der Waals surface area contributed by atoms with Gasteiger partial charge in [0.25, 0.3) is 0 Å². The summed E-state index contributed by atoms with van der Waals surface area (Å²) in [6.07, 6.45) is 0. The molecule has 0 saturated carbocycles. The van der Waals surface area contributed by atoms with Crippen LogP contribution in [0, 0.1) is 5.82 Å². The van der Waals surface area contributed by atoms with E-state index in [1.807, 2.05) is 71.8 Å². The molecule has 1 amide bonds. The van der Waals surface area contributed by atoms with Gasteiger partial charge in [0.2, 0.25) is 5.91 Å². The number of hydrogen-bond donors (Lipinski definition) is 1. The van der Waals surface area contributed by atoms with Gasteiger partial charge < -0.3 is 15.0 Å². The van der Waals surface area contributed by atoms with E-state index in [1.54, 1.807) is 19.2 Å². The van der Waals surface area contributed by atoms with Crippen molar-refractivity contribution in [3.63, 3.8) is 0 Å². The van der Waals surface area contributed by atoms with E-state index in [-0.39, 0.29) is 11.7 Å². The molecule has 0 saturated heterocycles. The lowest BCUT2D eigenvalue weighted by molar-refractivity contribution is -0.122. The third-order valence-electron chi connectivity index (χ3n) is 5.26. The third-order valence-corrected chi connectivity index (χ3v) is 6.10. The normalized spacial score (nSPS) is 11.6. The van der Waals surface area contributed by atoms with Gasteiger partial charge in [-0.3, -0.25) is 4.79 Å². The number of thiazole rings is 1. The third kappa shape index (κ3) is 5.21. The molecule has 4 aromatic rings. The number of nitrogens with one attached hydrogen (secondary N) is 1. The van der Waals surface area contributed by atoms with Crippen molar-refractivity contribution < 1.29 is 13.9 Å². The van der Waals surface area contributed by atoms with Gasteiger partial charge in [-0.2, -0.15) is 0 Å². The maximum atomic E-state index is 13.2. The van der Waals surface area contributed by atoms with Gasteiger partial charge >= 0.3 is 0 Å². The fraction of sp³-hybridized carbons (Fsp3) is 0.154. The molecule has 33 heavy (non-hydrogen) atoms. The molecular weight excluding hydrogens is 437 g/mol. The average molecular weight is 462 g/mol. The fourth-order valence-electron chi connectivity index (χ4n) is 3.48. The van der Waals surface area contributed by atoms with Crippen molar-refractivity contribution in [2.24, 2.45) is 0 Å². The summed E-state index contributed by atoms with van der Waals surface area (Å²) in [5, 5.41) is 5.61. The van der Waals surface area contributed by atoms with Crippen LogP contribution in [0.15, 0.2) is 84.2 Å². The lowest BCUT2D eigenvalue weighted by Gasteiger charge is -2.29. The van der Waals surface area contributed by atoms with Crippen molar-refractivity contribution in [3.05, 3.63) is 95.6 Å². The zero-order chi connectivity index (χ0) is 23.2. The van der Waals surface area contributed by atoms with Gasteiger partial charge in [0.15, 0.2) is 5.13 Å². The Labute approximate surface area is 196 Å². The Morgan fingerprint density at radius 3 is 2.48 bits per heavy atom. The summed E-state index contributed by atoms with van der Waals surface area (Å²) < 4.78 is 18.8. The summed E-state index contributed by atoms with van der Waals surface area (Å²) in [6.45, 7) is 2.13. The Morgan fingerprint density at radius 2 is 1.76 bits per heavy atom. The van der Waals surface area contributed by atoms with Gasteiger partial charge in [0, 0.05) is 17.5 Å². The first kappa shape index (κ1) is 22.5. The average Bonchev–Trinajstić information content (AvgIpc) is 3.34. The summed E-state index contributed by atoms with van der Waals surface area (Å²) in [5.74, 6) is 0.160. The molecule has 0 aliphatic carbocycles. The smallest absolute Gasteiger partial charge is 0.243 e. The molecule has 1 unspecified atom stereocenters. The van der Waals surface area contributed by atoms with Crippen molar-refractivity contribution in [1.82, 2.24) is 10.3 Å². The molecule has 0 aliphatic rings. The van der Waals surface area contributed by atoms with Gasteiger partial charge in [-0.05, 0) is 36.8 Å². The van der Waals surface area contributed by atoms with Gasteiger partial charge in [0.05, 0.1) is 18.5 Å². The van der Waals surface area contributed by atoms with Crippen molar-refractivity contribution >= 4 is 28.1 Å². The van der Waals surface area contributed by atoms with Gasteiger partial charge in [-0.1, -0.05) is 54.6 Å². The molecule has 1 heterocycles. The highest BCUT2D eigenvalue weighted by Crippen LogP contribution is 2.38. The quantitative estimate of drug-likeness (QED) is 0.360. The largest absolute Gasteiger partial charge is 0.495 e. The molecule has 1 aromatic heterocycles. The lowest BCUT2D eigenvalue weighted by Crippen LogP contribution is -2.42. The Morgan fingerprint density at radius 1 is 1.06 bits per heavy atom. The topological polar surface area (TPSA) is 54.5 Å². The van der Waals surface area contributed by atoms with Crippen LogP contribution in [0.1, 0.15) is 12.5 Å². The Kier molecular flexibility index (Phi) is 7.00. The minimum atomic E-state index is -0.573. The number of para-hydroxylation sites is 2. The first-order valence-electron chi connectivity index (χ1n) is 10.5. The number of benzene rings is 3. The van der Waals surface area contributed by atoms with Crippen LogP contribution >= 0.6 is 11.3 Å². The Bertz CT molecular complexity index is 1210. The second kappa shape index (κ2) is 10.3. The SMILES string of the molecule is COc1ccccc1N(c1nc(-c2ccccc2)cs1)C(C)C(=O)NCc1ccc(F)cc1. The van der Waals surface area contributed by atoms with E-state index in [4.69, 9.17) is 9.72 Å². The molecule has 168 valence electrons. The number of anilines is 2. The molecule has 0 fully saturated rings. The number of rotatable bonds is 8. The number of methoxy groups -OCH3 is 1. The number of aromatic nitrogens is 1. The Balaban J connectivity index is 1.63. The maximum Gasteiger partial charge on any atom is 0.243 e. The highest BCUT2D eigenvalue weighted by Gasteiger charge is 2.28. The second-order valence-electron chi connectivity index (χ2n) is 7.44. The summed E-state index contributed by atoms with van der Waals surface area (Å²) in [5.41, 5.74) is 3.42. The standard InChI is InChI=1S/C26H24FN3O2S/c1-18(25(31)28-16-19-12-14-21(27)15-13-19)30(23-10-6-7-11-24(23)32-2)26-29-22(17-33-26)20-8-4-3-5-9-20/h3-15,17-18H,16H2,1-2H3,(H,28,31). The molecule has 0 spiro atoms. The van der Waals surface area contributed by atoms with Crippen LogP contribution in [-0.2, 0) is 11.3 Å². The summed E-state index contributed by atoms with van der Waals surface area (Å²) >= 11 is 1.47. The molecule has 7 heteroatoms. The summed E-state index contributed by atoms with van der Waals surface area (Å²) in [4.78, 5) is 19.9. The van der Waals surface area contributed by atoms with Crippen molar-refractivity contribution in [1.29, 1.82) is 0 Å². The van der Waals surface area contributed by atoms with Crippen LogP contribution < -0.4 is 15.0 Å². The summed E-state index contributed by atoms with van der Waals surface area (Å²) in [6, 6.07) is 23.0. The van der Waals surface area contributed by atoms with Crippen molar-refractivity contribution in [2.45, 2.75) is 19.5 Å². The van der Waals surface area contributed by atoms with E-state index in [9.17, 15) is 9.18 Å². The zero-order valence-corrected chi connectivity index (χ0v) is 19.2. The lowest BCUT2D eigenvalue weighted by atomic mass is 10.2. The highest BCUT2D eigenvalue weighted by atomic mass is 32.1. The molecule has 0 bridgehead atoms. The van der Waals surface area contributed by atoms with Crippen LogP contribution in [0.5, 0.6) is 5.75 Å². The molecule has 4 rings (SSSR count). The highest BCUT2D eigenvalue weighted by molar-refractivity contribution is 7.14. The van der Waals surface area contributed by atoms with E-state index in [1.165, 1.54) is 23.5 Å².